The molecule has 3 rings (SSSR count). The molecule has 0 aliphatic rings. The quantitative estimate of drug-likeness (QED) is 0.522. The van der Waals surface area contributed by atoms with Crippen molar-refractivity contribution in [3.8, 4) is 0 Å². The van der Waals surface area contributed by atoms with Gasteiger partial charge in [0.2, 0.25) is 10.0 Å². The van der Waals surface area contributed by atoms with Gasteiger partial charge in [0, 0.05) is 10.9 Å². The highest BCUT2D eigenvalue weighted by atomic mass is 32.2. The summed E-state index contributed by atoms with van der Waals surface area (Å²) in [6.45, 7) is 5.92. The molecule has 3 nitrogen and oxygen atoms in total. The summed E-state index contributed by atoms with van der Waals surface area (Å²) in [5.41, 5.74) is 3.32. The molecular weight excluding hydrogens is 386 g/mol. The molecular formula is C23H25NO2S2. The Bertz CT molecular complexity index is 999. The Labute approximate surface area is 172 Å². The van der Waals surface area contributed by atoms with Gasteiger partial charge in [-0.1, -0.05) is 65.7 Å². The molecule has 0 radical (unpaired) electrons. The van der Waals surface area contributed by atoms with Gasteiger partial charge in [-0.15, -0.1) is 11.8 Å². The lowest BCUT2D eigenvalue weighted by atomic mass is 10.1. The molecule has 0 spiro atoms. The largest absolute Gasteiger partial charge is 0.240 e. The topological polar surface area (TPSA) is 46.2 Å². The van der Waals surface area contributed by atoms with Gasteiger partial charge in [-0.25, -0.2) is 13.1 Å². The van der Waals surface area contributed by atoms with E-state index in [0.717, 1.165) is 16.0 Å². The summed E-state index contributed by atoms with van der Waals surface area (Å²) < 4.78 is 28.6. The van der Waals surface area contributed by atoms with Crippen LogP contribution in [-0.4, -0.2) is 14.5 Å². The minimum Gasteiger partial charge on any atom is -0.207 e. The van der Waals surface area contributed by atoms with E-state index < -0.39 is 10.0 Å². The van der Waals surface area contributed by atoms with Crippen molar-refractivity contribution >= 4 is 21.8 Å². The monoisotopic (exact) mass is 411 g/mol. The normalized spacial score (nSPS) is 13.8. The molecule has 0 aliphatic carbocycles. The van der Waals surface area contributed by atoms with Crippen LogP contribution < -0.4 is 4.72 Å². The number of nitrogens with one attached hydrogen (secondary N) is 1. The second-order valence-corrected chi connectivity index (χ2v) is 9.91. The zero-order chi connectivity index (χ0) is 20.1. The fourth-order valence-electron chi connectivity index (χ4n) is 2.96. The van der Waals surface area contributed by atoms with Crippen LogP contribution in [0.4, 0.5) is 0 Å². The Morgan fingerprint density at radius 2 is 1.32 bits per heavy atom. The lowest BCUT2D eigenvalue weighted by Crippen LogP contribution is -2.36. The van der Waals surface area contributed by atoms with Crippen LogP contribution in [-0.2, 0) is 10.0 Å². The molecule has 0 fully saturated rings. The Hall–Kier alpha value is -2.08. The van der Waals surface area contributed by atoms with E-state index in [1.165, 1.54) is 5.56 Å². The molecule has 1 N–H and O–H groups in total. The van der Waals surface area contributed by atoms with Gasteiger partial charge in [-0.2, -0.15) is 0 Å². The highest BCUT2D eigenvalue weighted by Gasteiger charge is 2.26. The second-order valence-electron chi connectivity index (χ2n) is 6.99. The summed E-state index contributed by atoms with van der Waals surface area (Å²) in [6, 6.07) is 25.0. The van der Waals surface area contributed by atoms with E-state index in [2.05, 4.69) is 35.9 Å². The molecule has 0 saturated carbocycles. The lowest BCUT2D eigenvalue weighted by molar-refractivity contribution is 0.557. The predicted octanol–water partition coefficient (Wildman–Crippen LogP) is 5.50. The minimum absolute atomic E-state index is 0.0517. The molecule has 146 valence electrons. The van der Waals surface area contributed by atoms with E-state index in [1.807, 2.05) is 56.3 Å². The third-order valence-electron chi connectivity index (χ3n) is 4.54. The average molecular weight is 412 g/mol. The maximum atomic E-state index is 12.9. The number of sulfonamides is 1. The third-order valence-corrected chi connectivity index (χ3v) is 7.59. The van der Waals surface area contributed by atoms with Crippen LogP contribution in [0.5, 0.6) is 0 Å². The molecule has 5 heteroatoms. The van der Waals surface area contributed by atoms with Crippen LogP contribution in [0.15, 0.2) is 88.7 Å². The number of rotatable bonds is 7. The van der Waals surface area contributed by atoms with E-state index in [9.17, 15) is 8.42 Å². The van der Waals surface area contributed by atoms with Gasteiger partial charge in [0.1, 0.15) is 0 Å². The van der Waals surface area contributed by atoms with Crippen LogP contribution in [0.1, 0.15) is 28.9 Å². The Morgan fingerprint density at radius 3 is 1.89 bits per heavy atom. The summed E-state index contributed by atoms with van der Waals surface area (Å²) in [4.78, 5) is 1.40. The van der Waals surface area contributed by atoms with Crippen LogP contribution in [0.25, 0.3) is 0 Å². The van der Waals surface area contributed by atoms with Gasteiger partial charge in [-0.3, -0.25) is 0 Å². The standard InChI is InChI=1S/C23H25NO2S2/c1-17-9-13-21(14-10-17)27-23(20-7-5-4-6-8-20)19(3)24-28(25,26)22-15-11-18(2)12-16-22/h4-16,19,23-24H,1-3H3/t19-,23-/m1/s1. The number of benzene rings is 3. The van der Waals surface area contributed by atoms with Gasteiger partial charge in [0.25, 0.3) is 0 Å². The van der Waals surface area contributed by atoms with Crippen LogP contribution in [0.3, 0.4) is 0 Å². The molecule has 0 aliphatic heterocycles. The van der Waals surface area contributed by atoms with Gasteiger partial charge < -0.3 is 0 Å². The van der Waals surface area contributed by atoms with E-state index in [0.29, 0.717) is 0 Å². The SMILES string of the molecule is Cc1ccc(S[C@@H](c2ccccc2)[C@@H](C)NS(=O)(=O)c2ccc(C)cc2)cc1. The number of hydrogen-bond donors (Lipinski definition) is 1. The van der Waals surface area contributed by atoms with Crippen molar-refractivity contribution in [1.82, 2.24) is 4.72 Å². The molecule has 0 heterocycles. The van der Waals surface area contributed by atoms with Crippen molar-refractivity contribution < 1.29 is 8.42 Å². The lowest BCUT2D eigenvalue weighted by Gasteiger charge is -2.25. The first-order valence-corrected chi connectivity index (χ1v) is 11.6. The summed E-state index contributed by atoms with van der Waals surface area (Å²) in [5, 5.41) is -0.0517. The molecule has 0 unspecified atom stereocenters. The number of aryl methyl sites for hydroxylation is 2. The first-order valence-electron chi connectivity index (χ1n) is 9.22. The van der Waals surface area contributed by atoms with Crippen molar-refractivity contribution in [3.63, 3.8) is 0 Å². The van der Waals surface area contributed by atoms with Gasteiger partial charge in [0.15, 0.2) is 0 Å². The molecule has 0 saturated heterocycles. The number of thioether (sulfide) groups is 1. The zero-order valence-corrected chi connectivity index (χ0v) is 17.9. The molecule has 0 aromatic heterocycles. The summed E-state index contributed by atoms with van der Waals surface area (Å²) in [6.07, 6.45) is 0. The highest BCUT2D eigenvalue weighted by Crippen LogP contribution is 2.38. The summed E-state index contributed by atoms with van der Waals surface area (Å²) in [7, 11) is -3.59. The van der Waals surface area contributed by atoms with Crippen LogP contribution in [0.2, 0.25) is 0 Å². The maximum absolute atomic E-state index is 12.9. The summed E-state index contributed by atoms with van der Waals surface area (Å²) in [5.74, 6) is 0. The maximum Gasteiger partial charge on any atom is 0.240 e. The third kappa shape index (κ3) is 5.25. The Kier molecular flexibility index (Phi) is 6.60. The van der Waals surface area contributed by atoms with Crippen LogP contribution >= 0.6 is 11.8 Å². The van der Waals surface area contributed by atoms with E-state index in [-0.39, 0.29) is 16.2 Å². The molecule has 3 aromatic carbocycles. The average Bonchev–Trinajstić information content (AvgIpc) is 2.68. The van der Waals surface area contributed by atoms with E-state index >= 15 is 0 Å². The first kappa shape index (κ1) is 20.6. The molecule has 28 heavy (non-hydrogen) atoms. The van der Waals surface area contributed by atoms with Crippen molar-refractivity contribution in [2.45, 2.75) is 41.9 Å². The van der Waals surface area contributed by atoms with E-state index in [1.54, 1.807) is 23.9 Å². The predicted molar refractivity (Wildman–Crippen MR) is 117 cm³/mol. The van der Waals surface area contributed by atoms with Gasteiger partial charge in [-0.05, 0) is 50.6 Å². The Balaban J connectivity index is 1.86. The van der Waals surface area contributed by atoms with Gasteiger partial charge >= 0.3 is 0 Å². The number of hydrogen-bond acceptors (Lipinski definition) is 3. The van der Waals surface area contributed by atoms with Crippen LogP contribution in [0, 0.1) is 13.8 Å². The smallest absolute Gasteiger partial charge is 0.207 e. The molecule has 2 atom stereocenters. The van der Waals surface area contributed by atoms with Gasteiger partial charge in [0.05, 0.1) is 10.1 Å². The van der Waals surface area contributed by atoms with Crippen molar-refractivity contribution in [2.75, 3.05) is 0 Å². The molecule has 0 amide bonds. The minimum atomic E-state index is -3.59. The molecule has 0 bridgehead atoms. The van der Waals surface area contributed by atoms with E-state index in [4.69, 9.17) is 0 Å². The van der Waals surface area contributed by atoms with Crippen molar-refractivity contribution in [2.24, 2.45) is 0 Å². The second kappa shape index (κ2) is 8.95. The fraction of sp³-hybridized carbons (Fsp3) is 0.217. The van der Waals surface area contributed by atoms with Crippen molar-refractivity contribution in [1.29, 1.82) is 0 Å². The van der Waals surface area contributed by atoms with Crippen molar-refractivity contribution in [3.05, 3.63) is 95.6 Å². The molecule has 3 aromatic rings. The summed E-state index contributed by atoms with van der Waals surface area (Å²) >= 11 is 1.67. The fourth-order valence-corrected chi connectivity index (χ4v) is 5.45. The zero-order valence-electron chi connectivity index (χ0n) is 16.3. The first-order chi connectivity index (χ1) is 13.3. The Morgan fingerprint density at radius 1 is 0.786 bits per heavy atom. The highest BCUT2D eigenvalue weighted by molar-refractivity contribution is 7.99.